The Balaban J connectivity index is 2.67. The molecule has 1 aromatic rings. The van der Waals surface area contributed by atoms with E-state index in [2.05, 4.69) is 10.6 Å². The van der Waals surface area contributed by atoms with Crippen molar-refractivity contribution in [2.75, 3.05) is 12.4 Å². The van der Waals surface area contributed by atoms with Crippen molar-refractivity contribution in [2.24, 2.45) is 5.92 Å². The Hall–Kier alpha value is -2.37. The first kappa shape index (κ1) is 16.7. The van der Waals surface area contributed by atoms with Gasteiger partial charge in [0.25, 0.3) is 0 Å². The molecule has 1 unspecified atom stereocenters. The van der Waals surface area contributed by atoms with Crippen LogP contribution in [0.25, 0.3) is 0 Å². The predicted molar refractivity (Wildman–Crippen MR) is 78.9 cm³/mol. The molecule has 0 radical (unpaired) electrons. The molecule has 0 aliphatic rings. The van der Waals surface area contributed by atoms with Crippen molar-refractivity contribution < 1.29 is 19.5 Å². The number of amides is 2. The molecule has 21 heavy (non-hydrogen) atoms. The fourth-order valence-electron chi connectivity index (χ4n) is 1.95. The molecule has 0 saturated carbocycles. The van der Waals surface area contributed by atoms with Crippen LogP contribution in [0.4, 0.5) is 5.69 Å². The maximum atomic E-state index is 11.9. The molecule has 6 heteroatoms. The van der Waals surface area contributed by atoms with Crippen molar-refractivity contribution in [3.05, 3.63) is 29.8 Å². The lowest BCUT2D eigenvalue weighted by Crippen LogP contribution is -2.22. The highest BCUT2D eigenvalue weighted by Gasteiger charge is 2.14. The van der Waals surface area contributed by atoms with E-state index in [0.29, 0.717) is 5.69 Å². The van der Waals surface area contributed by atoms with Gasteiger partial charge < -0.3 is 15.7 Å². The van der Waals surface area contributed by atoms with Gasteiger partial charge in [0.05, 0.1) is 6.42 Å². The van der Waals surface area contributed by atoms with Gasteiger partial charge in [-0.2, -0.15) is 0 Å². The van der Waals surface area contributed by atoms with Crippen LogP contribution in [0, 0.1) is 5.92 Å². The first-order valence-corrected chi connectivity index (χ1v) is 6.72. The number of anilines is 1. The van der Waals surface area contributed by atoms with Gasteiger partial charge in [-0.05, 0) is 17.5 Å². The molecular formula is C15H20N2O4. The van der Waals surface area contributed by atoms with Gasteiger partial charge in [0, 0.05) is 25.6 Å². The average Bonchev–Trinajstić information content (AvgIpc) is 2.39. The summed E-state index contributed by atoms with van der Waals surface area (Å²) in [5, 5.41) is 13.9. The number of hydrogen-bond acceptors (Lipinski definition) is 3. The van der Waals surface area contributed by atoms with Crippen molar-refractivity contribution in [1.82, 2.24) is 5.32 Å². The first-order valence-electron chi connectivity index (χ1n) is 6.72. The number of carboxylic acid groups (broad SMARTS) is 1. The van der Waals surface area contributed by atoms with Gasteiger partial charge >= 0.3 is 5.97 Å². The molecule has 0 heterocycles. The normalized spacial score (nSPS) is 11.5. The third-order valence-electron chi connectivity index (χ3n) is 2.98. The summed E-state index contributed by atoms with van der Waals surface area (Å²) < 4.78 is 0. The third kappa shape index (κ3) is 6.07. The molecule has 0 aliphatic heterocycles. The summed E-state index contributed by atoms with van der Waals surface area (Å²) in [6, 6.07) is 7.05. The van der Waals surface area contributed by atoms with Crippen LogP contribution >= 0.6 is 0 Å². The number of nitrogens with one attached hydrogen (secondary N) is 2. The van der Waals surface area contributed by atoms with Gasteiger partial charge in [0.15, 0.2) is 0 Å². The maximum absolute atomic E-state index is 11.9. The first-order chi connectivity index (χ1) is 9.92. The molecule has 6 nitrogen and oxygen atoms in total. The summed E-state index contributed by atoms with van der Waals surface area (Å²) in [6.45, 7) is 1.71. The second kappa shape index (κ2) is 8.04. The maximum Gasteiger partial charge on any atom is 0.303 e. The SMILES string of the molecule is CNC(=O)Cc1ccccc1NC(=O)CC(C)CC(=O)O. The van der Waals surface area contributed by atoms with E-state index in [1.807, 2.05) is 0 Å². The van der Waals surface area contributed by atoms with Crippen molar-refractivity contribution >= 4 is 23.5 Å². The summed E-state index contributed by atoms with van der Waals surface area (Å²) in [5.74, 6) is -1.56. The number of hydrogen-bond donors (Lipinski definition) is 3. The van der Waals surface area contributed by atoms with Crippen LogP contribution in [-0.2, 0) is 20.8 Å². The van der Waals surface area contributed by atoms with Crippen LogP contribution in [0.3, 0.4) is 0 Å². The molecule has 1 rings (SSSR count). The van der Waals surface area contributed by atoms with Crippen LogP contribution < -0.4 is 10.6 Å². The molecule has 0 aliphatic carbocycles. The number of carboxylic acids is 1. The number of likely N-dealkylation sites (N-methyl/N-ethyl adjacent to an activating group) is 1. The van der Waals surface area contributed by atoms with Crippen LogP contribution in [-0.4, -0.2) is 29.9 Å². The second-order valence-corrected chi connectivity index (χ2v) is 4.96. The zero-order chi connectivity index (χ0) is 15.8. The van der Waals surface area contributed by atoms with Crippen molar-refractivity contribution in [3.63, 3.8) is 0 Å². The van der Waals surface area contributed by atoms with Gasteiger partial charge in [-0.15, -0.1) is 0 Å². The van der Waals surface area contributed by atoms with E-state index in [1.165, 1.54) is 0 Å². The topological polar surface area (TPSA) is 95.5 Å². The molecular weight excluding hydrogens is 272 g/mol. The number of rotatable bonds is 7. The van der Waals surface area contributed by atoms with E-state index in [4.69, 9.17) is 5.11 Å². The molecule has 2 amide bonds. The Labute approximate surface area is 123 Å². The molecule has 114 valence electrons. The number of benzene rings is 1. The lowest BCUT2D eigenvalue weighted by Gasteiger charge is -2.12. The lowest BCUT2D eigenvalue weighted by molar-refractivity contribution is -0.138. The number of carbonyl (C=O) groups excluding carboxylic acids is 2. The number of carbonyl (C=O) groups is 3. The van der Waals surface area contributed by atoms with Gasteiger partial charge in [-0.3, -0.25) is 14.4 Å². The summed E-state index contributed by atoms with van der Waals surface area (Å²) in [7, 11) is 1.55. The van der Waals surface area contributed by atoms with E-state index in [-0.39, 0.29) is 37.0 Å². The monoisotopic (exact) mass is 292 g/mol. The van der Waals surface area contributed by atoms with Gasteiger partial charge in [-0.1, -0.05) is 25.1 Å². The molecule has 1 atom stereocenters. The fourth-order valence-corrected chi connectivity index (χ4v) is 1.95. The molecule has 0 saturated heterocycles. The Morgan fingerprint density at radius 3 is 2.43 bits per heavy atom. The van der Waals surface area contributed by atoms with Gasteiger partial charge in [-0.25, -0.2) is 0 Å². The second-order valence-electron chi connectivity index (χ2n) is 4.96. The van der Waals surface area contributed by atoms with Crippen LogP contribution in [0.2, 0.25) is 0 Å². The molecule has 3 N–H and O–H groups in total. The number of para-hydroxylation sites is 1. The van der Waals surface area contributed by atoms with E-state index in [9.17, 15) is 14.4 Å². The van der Waals surface area contributed by atoms with Gasteiger partial charge in [0.2, 0.25) is 11.8 Å². The molecule has 0 spiro atoms. The number of aliphatic carboxylic acids is 1. The smallest absolute Gasteiger partial charge is 0.303 e. The zero-order valence-corrected chi connectivity index (χ0v) is 12.2. The predicted octanol–water partition coefficient (Wildman–Crippen LogP) is 1.41. The quantitative estimate of drug-likeness (QED) is 0.708. The average molecular weight is 292 g/mol. The standard InChI is InChI=1S/C15H20N2O4/c1-10(8-15(20)21)7-14(19)17-12-6-4-3-5-11(12)9-13(18)16-2/h3-6,10H,7-9H2,1-2H3,(H,16,18)(H,17,19)(H,20,21). The highest BCUT2D eigenvalue weighted by molar-refractivity contribution is 5.93. The molecule has 0 bridgehead atoms. The molecule has 1 aromatic carbocycles. The van der Waals surface area contributed by atoms with Crippen molar-refractivity contribution in [1.29, 1.82) is 0 Å². The molecule has 0 aromatic heterocycles. The Kier molecular flexibility index (Phi) is 6.39. The minimum atomic E-state index is -0.921. The van der Waals surface area contributed by atoms with E-state index >= 15 is 0 Å². The lowest BCUT2D eigenvalue weighted by atomic mass is 10.0. The summed E-state index contributed by atoms with van der Waals surface area (Å²) in [5.41, 5.74) is 1.30. The zero-order valence-electron chi connectivity index (χ0n) is 12.2. The van der Waals surface area contributed by atoms with Crippen LogP contribution in [0.1, 0.15) is 25.3 Å². The Morgan fingerprint density at radius 2 is 1.81 bits per heavy atom. The minimum Gasteiger partial charge on any atom is -0.481 e. The van der Waals surface area contributed by atoms with E-state index in [0.717, 1.165) is 5.56 Å². The van der Waals surface area contributed by atoms with Crippen molar-refractivity contribution in [2.45, 2.75) is 26.2 Å². The minimum absolute atomic E-state index is 0.0483. The highest BCUT2D eigenvalue weighted by Crippen LogP contribution is 2.17. The summed E-state index contributed by atoms with van der Waals surface area (Å²) >= 11 is 0. The Bertz CT molecular complexity index is 528. The summed E-state index contributed by atoms with van der Waals surface area (Å²) in [6.07, 6.45) is 0.256. The highest BCUT2D eigenvalue weighted by atomic mass is 16.4. The Morgan fingerprint density at radius 1 is 1.14 bits per heavy atom. The van der Waals surface area contributed by atoms with Crippen molar-refractivity contribution in [3.8, 4) is 0 Å². The fraction of sp³-hybridized carbons (Fsp3) is 0.400. The van der Waals surface area contributed by atoms with Crippen LogP contribution in [0.5, 0.6) is 0 Å². The molecule has 0 fully saturated rings. The summed E-state index contributed by atoms with van der Waals surface area (Å²) in [4.78, 5) is 33.9. The van der Waals surface area contributed by atoms with E-state index < -0.39 is 5.97 Å². The van der Waals surface area contributed by atoms with E-state index in [1.54, 1.807) is 38.2 Å². The van der Waals surface area contributed by atoms with Gasteiger partial charge in [0.1, 0.15) is 0 Å². The largest absolute Gasteiger partial charge is 0.481 e. The third-order valence-corrected chi connectivity index (χ3v) is 2.98. The van der Waals surface area contributed by atoms with Crippen LogP contribution in [0.15, 0.2) is 24.3 Å².